The molecule has 106 valence electrons. The largest absolute Gasteiger partial charge is 0.349 e. The summed E-state index contributed by atoms with van der Waals surface area (Å²) >= 11 is 6.12. The molecule has 1 saturated carbocycles. The first-order valence-corrected chi connectivity index (χ1v) is 8.02. The number of carbonyl (C=O) groups excluding carboxylic acids is 1. The van der Waals surface area contributed by atoms with E-state index in [0.29, 0.717) is 18.2 Å². The van der Waals surface area contributed by atoms with Crippen molar-refractivity contribution in [2.24, 2.45) is 5.92 Å². The molecule has 18 heavy (non-hydrogen) atoms. The van der Waals surface area contributed by atoms with Crippen molar-refractivity contribution in [2.75, 3.05) is 5.88 Å². The second-order valence-electron chi connectivity index (χ2n) is 5.97. The van der Waals surface area contributed by atoms with Crippen LogP contribution in [0.3, 0.4) is 0 Å². The van der Waals surface area contributed by atoms with Gasteiger partial charge in [-0.1, -0.05) is 46.0 Å². The van der Waals surface area contributed by atoms with Crippen molar-refractivity contribution in [1.29, 1.82) is 0 Å². The number of carbonyl (C=O) groups is 1. The van der Waals surface area contributed by atoms with Crippen molar-refractivity contribution >= 4 is 17.5 Å². The van der Waals surface area contributed by atoms with Crippen LogP contribution in [-0.4, -0.2) is 17.3 Å². The molecule has 1 aliphatic carbocycles. The summed E-state index contributed by atoms with van der Waals surface area (Å²) in [6.07, 6.45) is 9.80. The Kier molecular flexibility index (Phi) is 7.06. The van der Waals surface area contributed by atoms with Crippen molar-refractivity contribution in [3.05, 3.63) is 0 Å². The van der Waals surface area contributed by atoms with Gasteiger partial charge in [0.2, 0.25) is 5.91 Å². The fourth-order valence-corrected chi connectivity index (χ4v) is 3.31. The van der Waals surface area contributed by atoms with Gasteiger partial charge < -0.3 is 5.32 Å². The summed E-state index contributed by atoms with van der Waals surface area (Å²) in [5.41, 5.74) is -0.124. The fraction of sp³-hybridized carbons (Fsp3) is 0.933. The van der Waals surface area contributed by atoms with Gasteiger partial charge in [-0.25, -0.2) is 0 Å². The van der Waals surface area contributed by atoms with E-state index in [2.05, 4.69) is 19.2 Å². The number of rotatable bonds is 7. The fourth-order valence-electron chi connectivity index (χ4n) is 3.00. The average Bonchev–Trinajstić information content (AvgIpc) is 2.34. The van der Waals surface area contributed by atoms with Crippen LogP contribution in [0.4, 0.5) is 0 Å². The monoisotopic (exact) mass is 273 g/mol. The van der Waals surface area contributed by atoms with Gasteiger partial charge in [-0.3, -0.25) is 4.79 Å². The Labute approximate surface area is 117 Å². The highest BCUT2D eigenvalue weighted by Gasteiger charge is 2.35. The van der Waals surface area contributed by atoms with E-state index in [4.69, 9.17) is 11.6 Å². The molecule has 0 heterocycles. The summed E-state index contributed by atoms with van der Waals surface area (Å²) in [6.45, 7) is 4.44. The van der Waals surface area contributed by atoms with E-state index in [1.807, 2.05) is 0 Å². The highest BCUT2D eigenvalue weighted by atomic mass is 35.5. The molecule has 1 aliphatic rings. The molecular weight excluding hydrogens is 246 g/mol. The molecule has 0 aromatic heterocycles. The topological polar surface area (TPSA) is 29.1 Å². The second kappa shape index (κ2) is 8.04. The molecule has 0 saturated heterocycles. The van der Waals surface area contributed by atoms with Crippen LogP contribution in [0.5, 0.6) is 0 Å². The van der Waals surface area contributed by atoms with Gasteiger partial charge in [-0.05, 0) is 25.2 Å². The van der Waals surface area contributed by atoms with Crippen LogP contribution in [0.25, 0.3) is 0 Å². The molecule has 1 amide bonds. The Morgan fingerprint density at radius 3 is 2.78 bits per heavy atom. The number of hydrogen-bond donors (Lipinski definition) is 1. The van der Waals surface area contributed by atoms with Gasteiger partial charge in [0.25, 0.3) is 0 Å². The highest BCUT2D eigenvalue weighted by molar-refractivity contribution is 6.18. The van der Waals surface area contributed by atoms with E-state index < -0.39 is 0 Å². The third kappa shape index (κ3) is 5.17. The standard InChI is InChI=1S/C15H28ClNO/c1-3-4-5-6-9-14(18)17-15(12-16)10-7-8-13(2)11-15/h13H,3-12H2,1-2H3,(H,17,18). The minimum atomic E-state index is -0.124. The zero-order valence-electron chi connectivity index (χ0n) is 11.9. The van der Waals surface area contributed by atoms with Crippen LogP contribution in [0.15, 0.2) is 0 Å². The average molecular weight is 274 g/mol. The summed E-state index contributed by atoms with van der Waals surface area (Å²) in [7, 11) is 0. The number of hydrogen-bond acceptors (Lipinski definition) is 1. The summed E-state index contributed by atoms with van der Waals surface area (Å²) < 4.78 is 0. The number of alkyl halides is 1. The van der Waals surface area contributed by atoms with Gasteiger partial charge in [0.1, 0.15) is 0 Å². The summed E-state index contributed by atoms with van der Waals surface area (Å²) in [5.74, 6) is 1.43. The predicted molar refractivity (Wildman–Crippen MR) is 78.0 cm³/mol. The maximum Gasteiger partial charge on any atom is 0.220 e. The molecule has 0 aliphatic heterocycles. The summed E-state index contributed by atoms with van der Waals surface area (Å²) in [4.78, 5) is 12.0. The lowest BCUT2D eigenvalue weighted by Crippen LogP contribution is -2.52. The molecule has 1 fully saturated rings. The van der Waals surface area contributed by atoms with Crippen LogP contribution in [0.1, 0.15) is 71.6 Å². The Hall–Kier alpha value is -0.240. The van der Waals surface area contributed by atoms with Crippen molar-refractivity contribution in [3.63, 3.8) is 0 Å². The lowest BCUT2D eigenvalue weighted by molar-refractivity contribution is -0.123. The van der Waals surface area contributed by atoms with Crippen molar-refractivity contribution < 1.29 is 4.79 Å². The lowest BCUT2D eigenvalue weighted by atomic mass is 9.77. The van der Waals surface area contributed by atoms with Gasteiger partial charge >= 0.3 is 0 Å². The summed E-state index contributed by atoms with van der Waals surface area (Å²) in [6, 6.07) is 0. The molecular formula is C15H28ClNO. The van der Waals surface area contributed by atoms with Crippen molar-refractivity contribution in [1.82, 2.24) is 5.32 Å². The van der Waals surface area contributed by atoms with Crippen LogP contribution in [0, 0.1) is 5.92 Å². The Balaban J connectivity index is 2.35. The maximum absolute atomic E-state index is 12.0. The third-order valence-corrected chi connectivity index (χ3v) is 4.52. The van der Waals surface area contributed by atoms with Crippen LogP contribution in [0.2, 0.25) is 0 Å². The Morgan fingerprint density at radius 1 is 1.39 bits per heavy atom. The number of nitrogens with one attached hydrogen (secondary N) is 1. The third-order valence-electron chi connectivity index (χ3n) is 4.01. The van der Waals surface area contributed by atoms with Crippen LogP contribution in [-0.2, 0) is 4.79 Å². The van der Waals surface area contributed by atoms with E-state index in [1.165, 1.54) is 25.7 Å². The minimum absolute atomic E-state index is 0.124. The SMILES string of the molecule is CCCCCCC(=O)NC1(CCl)CCCC(C)C1. The van der Waals surface area contributed by atoms with Gasteiger partial charge in [-0.2, -0.15) is 0 Å². The minimum Gasteiger partial charge on any atom is -0.349 e. The lowest BCUT2D eigenvalue weighted by Gasteiger charge is -2.39. The van der Waals surface area contributed by atoms with E-state index in [9.17, 15) is 4.79 Å². The first-order chi connectivity index (χ1) is 8.62. The Bertz CT molecular complexity index is 257. The molecule has 0 spiro atoms. The quantitative estimate of drug-likeness (QED) is 0.545. The normalized spacial score (nSPS) is 28.1. The second-order valence-corrected chi connectivity index (χ2v) is 6.24. The molecule has 2 unspecified atom stereocenters. The molecule has 2 atom stereocenters. The molecule has 0 radical (unpaired) electrons. The van der Waals surface area contributed by atoms with Gasteiger partial charge in [-0.15, -0.1) is 11.6 Å². The van der Waals surface area contributed by atoms with E-state index in [1.54, 1.807) is 0 Å². The van der Waals surface area contributed by atoms with E-state index in [0.717, 1.165) is 25.7 Å². The molecule has 0 aromatic carbocycles. The number of halogens is 1. The van der Waals surface area contributed by atoms with Gasteiger partial charge in [0, 0.05) is 12.3 Å². The molecule has 0 aromatic rings. The zero-order valence-corrected chi connectivity index (χ0v) is 12.7. The summed E-state index contributed by atoms with van der Waals surface area (Å²) in [5, 5.41) is 3.22. The molecule has 0 bridgehead atoms. The number of unbranched alkanes of at least 4 members (excludes halogenated alkanes) is 3. The van der Waals surface area contributed by atoms with Gasteiger partial charge in [0.15, 0.2) is 0 Å². The van der Waals surface area contributed by atoms with E-state index >= 15 is 0 Å². The van der Waals surface area contributed by atoms with Gasteiger partial charge in [0.05, 0.1) is 5.54 Å². The highest BCUT2D eigenvalue weighted by Crippen LogP contribution is 2.33. The van der Waals surface area contributed by atoms with Crippen LogP contribution >= 0.6 is 11.6 Å². The predicted octanol–water partition coefficient (Wildman–Crippen LogP) is 4.26. The maximum atomic E-state index is 12.0. The smallest absolute Gasteiger partial charge is 0.220 e. The zero-order chi connectivity index (χ0) is 13.4. The molecule has 1 N–H and O–H groups in total. The van der Waals surface area contributed by atoms with Crippen LogP contribution < -0.4 is 5.32 Å². The number of amides is 1. The first-order valence-electron chi connectivity index (χ1n) is 7.49. The molecule has 2 nitrogen and oxygen atoms in total. The molecule has 1 rings (SSSR count). The van der Waals surface area contributed by atoms with Crippen molar-refractivity contribution in [2.45, 2.75) is 77.2 Å². The Morgan fingerprint density at radius 2 is 2.17 bits per heavy atom. The first kappa shape index (κ1) is 15.8. The van der Waals surface area contributed by atoms with E-state index in [-0.39, 0.29) is 11.4 Å². The molecule has 3 heteroatoms. The van der Waals surface area contributed by atoms with Crippen molar-refractivity contribution in [3.8, 4) is 0 Å².